The van der Waals surface area contributed by atoms with Crippen LogP contribution >= 0.6 is 0 Å². The maximum absolute atomic E-state index is 12.5. The van der Waals surface area contributed by atoms with E-state index in [-0.39, 0.29) is 5.91 Å². The number of amides is 1. The minimum absolute atomic E-state index is 0.115. The topological polar surface area (TPSA) is 63.9 Å². The molecule has 1 fully saturated rings. The minimum atomic E-state index is 0.115. The maximum Gasteiger partial charge on any atom is 0.253 e. The lowest BCUT2D eigenvalue weighted by Crippen LogP contribution is -2.37. The third-order valence-corrected chi connectivity index (χ3v) is 4.08. The Morgan fingerprint density at radius 1 is 1.19 bits per heavy atom. The van der Waals surface area contributed by atoms with E-state index in [0.29, 0.717) is 5.82 Å². The van der Waals surface area contributed by atoms with E-state index in [9.17, 15) is 4.79 Å². The summed E-state index contributed by atoms with van der Waals surface area (Å²) in [5, 5.41) is 11.4. The van der Waals surface area contributed by atoms with E-state index >= 15 is 0 Å². The summed E-state index contributed by atoms with van der Waals surface area (Å²) in [6.45, 7) is 3.95. The molecule has 1 aromatic carbocycles. The molecule has 0 radical (unpaired) electrons. The number of nitrogens with zero attached hydrogens (tertiary/aromatic N) is 5. The molecule has 2 aromatic rings. The molecule has 3 rings (SSSR count). The molecule has 21 heavy (non-hydrogen) atoms. The van der Waals surface area contributed by atoms with Crippen LogP contribution in [0.25, 0.3) is 11.4 Å². The lowest BCUT2D eigenvalue weighted by Gasteiger charge is -2.30. The number of aryl methyl sites for hydroxylation is 1. The first-order chi connectivity index (χ1) is 10.1. The van der Waals surface area contributed by atoms with E-state index in [4.69, 9.17) is 0 Å². The molecule has 6 heteroatoms. The van der Waals surface area contributed by atoms with Crippen molar-refractivity contribution in [3.05, 3.63) is 29.8 Å². The van der Waals surface area contributed by atoms with Gasteiger partial charge in [-0.05, 0) is 41.3 Å². The van der Waals surface area contributed by atoms with Crippen molar-refractivity contribution in [2.75, 3.05) is 13.1 Å². The average Bonchev–Trinajstić information content (AvgIpc) is 2.94. The first-order valence-corrected chi connectivity index (χ1v) is 7.27. The molecule has 0 saturated carbocycles. The second-order valence-corrected chi connectivity index (χ2v) is 5.68. The van der Waals surface area contributed by atoms with Gasteiger partial charge < -0.3 is 4.90 Å². The standard InChI is InChI=1S/C15H19N5O/c1-11-7-9-20(10-8-11)15(21)13-5-3-12(4-6-13)14-16-17-18-19(14)2/h3-6,11H,7-10H2,1-2H3. The molecule has 1 aliphatic rings. The van der Waals surface area contributed by atoms with Crippen LogP contribution in [-0.4, -0.2) is 44.1 Å². The van der Waals surface area contributed by atoms with Crippen LogP contribution in [0.4, 0.5) is 0 Å². The zero-order valence-electron chi connectivity index (χ0n) is 12.4. The molecule has 1 amide bonds. The molecule has 0 atom stereocenters. The Balaban J connectivity index is 1.75. The first kappa shape index (κ1) is 13.7. The van der Waals surface area contributed by atoms with Crippen molar-refractivity contribution in [3.8, 4) is 11.4 Å². The number of carbonyl (C=O) groups excluding carboxylic acids is 1. The van der Waals surface area contributed by atoms with Crippen LogP contribution < -0.4 is 0 Å². The third-order valence-electron chi connectivity index (χ3n) is 4.08. The van der Waals surface area contributed by atoms with Crippen LogP contribution in [-0.2, 0) is 7.05 Å². The van der Waals surface area contributed by atoms with Gasteiger partial charge in [0.2, 0.25) is 0 Å². The summed E-state index contributed by atoms with van der Waals surface area (Å²) in [6.07, 6.45) is 2.18. The SMILES string of the molecule is CC1CCN(C(=O)c2ccc(-c3nnnn3C)cc2)CC1. The Kier molecular flexibility index (Phi) is 3.68. The molecule has 1 aliphatic heterocycles. The van der Waals surface area contributed by atoms with Gasteiger partial charge in [-0.1, -0.05) is 19.1 Å². The summed E-state index contributed by atoms with van der Waals surface area (Å²) in [4.78, 5) is 14.4. The number of tetrazole rings is 1. The lowest BCUT2D eigenvalue weighted by molar-refractivity contribution is 0.0697. The number of aromatic nitrogens is 4. The van der Waals surface area contributed by atoms with Gasteiger partial charge in [0.25, 0.3) is 5.91 Å². The summed E-state index contributed by atoms with van der Waals surface area (Å²) < 4.78 is 1.61. The van der Waals surface area contributed by atoms with Crippen molar-refractivity contribution < 1.29 is 4.79 Å². The predicted molar refractivity (Wildman–Crippen MR) is 78.5 cm³/mol. The zero-order valence-corrected chi connectivity index (χ0v) is 12.4. The highest BCUT2D eigenvalue weighted by atomic mass is 16.2. The number of hydrogen-bond donors (Lipinski definition) is 0. The smallest absolute Gasteiger partial charge is 0.253 e. The van der Waals surface area contributed by atoms with Crippen molar-refractivity contribution in [2.24, 2.45) is 13.0 Å². The molecular weight excluding hydrogens is 266 g/mol. The Morgan fingerprint density at radius 3 is 2.43 bits per heavy atom. The van der Waals surface area contributed by atoms with Gasteiger partial charge in [0.05, 0.1) is 0 Å². The van der Waals surface area contributed by atoms with Crippen LogP contribution in [0.2, 0.25) is 0 Å². The largest absolute Gasteiger partial charge is 0.339 e. The number of carbonyl (C=O) groups is 1. The number of hydrogen-bond acceptors (Lipinski definition) is 4. The number of piperidine rings is 1. The normalized spacial score (nSPS) is 16.2. The van der Waals surface area contributed by atoms with Gasteiger partial charge in [-0.25, -0.2) is 4.68 Å². The zero-order chi connectivity index (χ0) is 14.8. The van der Waals surface area contributed by atoms with Gasteiger partial charge in [0.1, 0.15) is 0 Å². The molecule has 0 bridgehead atoms. The minimum Gasteiger partial charge on any atom is -0.339 e. The molecule has 110 valence electrons. The molecule has 0 aliphatic carbocycles. The number of rotatable bonds is 2. The van der Waals surface area contributed by atoms with Gasteiger partial charge in [-0.2, -0.15) is 0 Å². The Labute approximate surface area is 123 Å². The quantitative estimate of drug-likeness (QED) is 0.843. The van der Waals surface area contributed by atoms with Gasteiger partial charge in [0.15, 0.2) is 5.82 Å². The Bertz CT molecular complexity index is 626. The fraction of sp³-hybridized carbons (Fsp3) is 0.467. The predicted octanol–water partition coefficient (Wildman–Crippen LogP) is 1.75. The lowest BCUT2D eigenvalue weighted by atomic mass is 9.98. The van der Waals surface area contributed by atoms with E-state index in [1.54, 1.807) is 11.7 Å². The number of benzene rings is 1. The van der Waals surface area contributed by atoms with Gasteiger partial charge >= 0.3 is 0 Å². The summed E-state index contributed by atoms with van der Waals surface area (Å²) in [6, 6.07) is 7.49. The van der Waals surface area contributed by atoms with Crippen molar-refractivity contribution in [3.63, 3.8) is 0 Å². The van der Waals surface area contributed by atoms with E-state index in [0.717, 1.165) is 43.0 Å². The molecule has 1 saturated heterocycles. The average molecular weight is 285 g/mol. The van der Waals surface area contributed by atoms with Crippen LogP contribution in [0.3, 0.4) is 0 Å². The van der Waals surface area contributed by atoms with E-state index < -0.39 is 0 Å². The molecule has 0 spiro atoms. The monoisotopic (exact) mass is 285 g/mol. The maximum atomic E-state index is 12.5. The van der Waals surface area contributed by atoms with Crippen molar-refractivity contribution in [2.45, 2.75) is 19.8 Å². The number of likely N-dealkylation sites (tertiary alicyclic amines) is 1. The van der Waals surface area contributed by atoms with Gasteiger partial charge in [-0.3, -0.25) is 4.79 Å². The second kappa shape index (κ2) is 5.63. The highest BCUT2D eigenvalue weighted by molar-refractivity contribution is 5.94. The fourth-order valence-electron chi connectivity index (χ4n) is 2.63. The summed E-state index contributed by atoms with van der Waals surface area (Å²) >= 11 is 0. The highest BCUT2D eigenvalue weighted by Crippen LogP contribution is 2.20. The van der Waals surface area contributed by atoms with Crippen molar-refractivity contribution in [1.82, 2.24) is 25.1 Å². The van der Waals surface area contributed by atoms with E-state index in [1.165, 1.54) is 0 Å². The van der Waals surface area contributed by atoms with Crippen LogP contribution in [0.1, 0.15) is 30.1 Å². The van der Waals surface area contributed by atoms with Crippen LogP contribution in [0.15, 0.2) is 24.3 Å². The second-order valence-electron chi connectivity index (χ2n) is 5.68. The third kappa shape index (κ3) is 2.79. The highest BCUT2D eigenvalue weighted by Gasteiger charge is 2.21. The molecule has 0 unspecified atom stereocenters. The van der Waals surface area contributed by atoms with Crippen LogP contribution in [0, 0.1) is 5.92 Å². The summed E-state index contributed by atoms with van der Waals surface area (Å²) in [5.41, 5.74) is 1.63. The van der Waals surface area contributed by atoms with E-state index in [2.05, 4.69) is 22.4 Å². The van der Waals surface area contributed by atoms with E-state index in [1.807, 2.05) is 29.2 Å². The molecule has 0 N–H and O–H groups in total. The summed E-state index contributed by atoms with van der Waals surface area (Å²) in [5.74, 6) is 1.53. The first-order valence-electron chi connectivity index (χ1n) is 7.27. The van der Waals surface area contributed by atoms with Gasteiger partial charge in [-0.15, -0.1) is 5.10 Å². The molecular formula is C15H19N5O. The molecule has 1 aromatic heterocycles. The van der Waals surface area contributed by atoms with Gasteiger partial charge in [0, 0.05) is 31.3 Å². The summed E-state index contributed by atoms with van der Waals surface area (Å²) in [7, 11) is 1.79. The Morgan fingerprint density at radius 2 is 1.86 bits per heavy atom. The Hall–Kier alpha value is -2.24. The fourth-order valence-corrected chi connectivity index (χ4v) is 2.63. The van der Waals surface area contributed by atoms with Crippen molar-refractivity contribution >= 4 is 5.91 Å². The molecule has 2 heterocycles. The molecule has 6 nitrogen and oxygen atoms in total. The van der Waals surface area contributed by atoms with Crippen LogP contribution in [0.5, 0.6) is 0 Å². The van der Waals surface area contributed by atoms with Crippen molar-refractivity contribution in [1.29, 1.82) is 0 Å².